The first-order valence-electron chi connectivity index (χ1n) is 5.33. The molecule has 4 heteroatoms. The molecule has 0 aliphatic heterocycles. The molecule has 0 fully saturated rings. The first kappa shape index (κ1) is 13.0. The van der Waals surface area contributed by atoms with Crippen molar-refractivity contribution in [3.63, 3.8) is 0 Å². The summed E-state index contributed by atoms with van der Waals surface area (Å²) in [7, 11) is 0. The minimum atomic E-state index is -0.864. The highest BCUT2D eigenvalue weighted by Gasteiger charge is 2.26. The Kier molecular flexibility index (Phi) is 4.77. The van der Waals surface area contributed by atoms with Crippen molar-refractivity contribution in [3.8, 4) is 0 Å². The minimum Gasteiger partial charge on any atom is -0.480 e. The van der Waals surface area contributed by atoms with Crippen LogP contribution in [0.3, 0.4) is 0 Å². The lowest BCUT2D eigenvalue weighted by Gasteiger charge is -2.27. The summed E-state index contributed by atoms with van der Waals surface area (Å²) in [6.45, 7) is 5.24. The predicted octanol–water partition coefficient (Wildman–Crippen LogP) is 2.81. The molecular formula is C12H16ClNO2. The van der Waals surface area contributed by atoms with Crippen molar-refractivity contribution in [2.75, 3.05) is 13.1 Å². The summed E-state index contributed by atoms with van der Waals surface area (Å²) in [6.07, 6.45) is 0. The molecule has 16 heavy (non-hydrogen) atoms. The number of carboxylic acid groups (broad SMARTS) is 1. The van der Waals surface area contributed by atoms with Gasteiger partial charge in [-0.25, -0.2) is 0 Å². The summed E-state index contributed by atoms with van der Waals surface area (Å²) in [5.74, 6) is -0.864. The smallest absolute Gasteiger partial charge is 0.325 e. The Balaban J connectivity index is 3.12. The van der Waals surface area contributed by atoms with Gasteiger partial charge in [0.25, 0.3) is 0 Å². The van der Waals surface area contributed by atoms with E-state index in [-0.39, 0.29) is 0 Å². The van der Waals surface area contributed by atoms with Gasteiger partial charge in [-0.2, -0.15) is 0 Å². The second-order valence-corrected chi connectivity index (χ2v) is 3.89. The topological polar surface area (TPSA) is 40.5 Å². The fourth-order valence-electron chi connectivity index (χ4n) is 1.77. The van der Waals surface area contributed by atoms with E-state index in [1.165, 1.54) is 0 Å². The van der Waals surface area contributed by atoms with Gasteiger partial charge < -0.3 is 5.11 Å². The third-order valence-corrected chi connectivity index (χ3v) is 2.96. The summed E-state index contributed by atoms with van der Waals surface area (Å²) in [5.41, 5.74) is 0.653. The maximum absolute atomic E-state index is 11.3. The number of rotatable bonds is 5. The number of likely N-dealkylation sites (N-methyl/N-ethyl adjacent to an activating group) is 1. The molecule has 1 rings (SSSR count). The van der Waals surface area contributed by atoms with Crippen molar-refractivity contribution >= 4 is 17.6 Å². The number of halogens is 1. The van der Waals surface area contributed by atoms with Crippen LogP contribution in [0.15, 0.2) is 24.3 Å². The van der Waals surface area contributed by atoms with Crippen molar-refractivity contribution in [2.24, 2.45) is 0 Å². The Labute approximate surface area is 101 Å². The standard InChI is InChI=1S/C12H16ClNO2/c1-3-14(4-2)11(12(15)16)9-7-5-6-8-10(9)13/h5-8,11H,3-4H2,1-2H3,(H,15,16)/t11-/m0/s1. The normalized spacial score (nSPS) is 12.8. The van der Waals surface area contributed by atoms with Gasteiger partial charge >= 0.3 is 5.97 Å². The van der Waals surface area contributed by atoms with Crippen LogP contribution in [0, 0.1) is 0 Å². The second kappa shape index (κ2) is 5.87. The maximum atomic E-state index is 11.3. The zero-order chi connectivity index (χ0) is 12.1. The molecule has 1 aromatic carbocycles. The van der Waals surface area contributed by atoms with Crippen molar-refractivity contribution in [2.45, 2.75) is 19.9 Å². The second-order valence-electron chi connectivity index (χ2n) is 3.48. The third-order valence-electron chi connectivity index (χ3n) is 2.61. The van der Waals surface area contributed by atoms with Crippen LogP contribution in [0.5, 0.6) is 0 Å². The highest BCUT2D eigenvalue weighted by atomic mass is 35.5. The molecule has 0 aliphatic carbocycles. The fourth-order valence-corrected chi connectivity index (χ4v) is 2.01. The molecular weight excluding hydrogens is 226 g/mol. The molecule has 0 spiro atoms. The van der Waals surface area contributed by atoms with Crippen LogP contribution in [0.1, 0.15) is 25.5 Å². The molecule has 0 aliphatic rings. The van der Waals surface area contributed by atoms with E-state index in [2.05, 4.69) is 0 Å². The molecule has 88 valence electrons. The zero-order valence-corrected chi connectivity index (χ0v) is 10.2. The van der Waals surface area contributed by atoms with E-state index in [1.54, 1.807) is 24.3 Å². The van der Waals surface area contributed by atoms with Gasteiger partial charge in [0.1, 0.15) is 6.04 Å². The van der Waals surface area contributed by atoms with Gasteiger partial charge in [-0.3, -0.25) is 9.69 Å². The molecule has 0 aromatic heterocycles. The molecule has 1 aromatic rings. The molecule has 3 nitrogen and oxygen atoms in total. The number of hydrogen-bond donors (Lipinski definition) is 1. The lowest BCUT2D eigenvalue weighted by Crippen LogP contribution is -2.34. The van der Waals surface area contributed by atoms with Crippen LogP contribution in [-0.4, -0.2) is 29.1 Å². The van der Waals surface area contributed by atoms with Crippen LogP contribution in [0.25, 0.3) is 0 Å². The summed E-state index contributed by atoms with van der Waals surface area (Å²) in [6, 6.07) is 6.42. The van der Waals surface area contributed by atoms with Gasteiger partial charge in [-0.15, -0.1) is 0 Å². The van der Waals surface area contributed by atoms with E-state index < -0.39 is 12.0 Å². The van der Waals surface area contributed by atoms with Gasteiger partial charge in [0.15, 0.2) is 0 Å². The first-order valence-corrected chi connectivity index (χ1v) is 5.70. The van der Waals surface area contributed by atoms with Crippen molar-refractivity contribution in [1.82, 2.24) is 4.90 Å². The molecule has 0 saturated heterocycles. The molecule has 0 radical (unpaired) electrons. The van der Waals surface area contributed by atoms with E-state index in [0.29, 0.717) is 23.7 Å². The number of carboxylic acids is 1. The van der Waals surface area contributed by atoms with Gasteiger partial charge in [0, 0.05) is 5.02 Å². The Morgan fingerprint density at radius 3 is 2.38 bits per heavy atom. The highest BCUT2D eigenvalue weighted by molar-refractivity contribution is 6.31. The highest BCUT2D eigenvalue weighted by Crippen LogP contribution is 2.27. The molecule has 1 atom stereocenters. The van der Waals surface area contributed by atoms with Crippen molar-refractivity contribution < 1.29 is 9.90 Å². The molecule has 0 heterocycles. The summed E-state index contributed by atoms with van der Waals surface area (Å²) < 4.78 is 0. The Morgan fingerprint density at radius 1 is 1.38 bits per heavy atom. The SMILES string of the molecule is CCN(CC)[C@H](C(=O)O)c1ccccc1Cl. The molecule has 1 N–H and O–H groups in total. The van der Waals surface area contributed by atoms with Crippen LogP contribution in [0.2, 0.25) is 5.02 Å². The number of nitrogens with zero attached hydrogens (tertiary/aromatic N) is 1. The number of hydrogen-bond acceptors (Lipinski definition) is 2. The predicted molar refractivity (Wildman–Crippen MR) is 64.7 cm³/mol. The van der Waals surface area contributed by atoms with Crippen LogP contribution < -0.4 is 0 Å². The maximum Gasteiger partial charge on any atom is 0.325 e. The average Bonchev–Trinajstić information content (AvgIpc) is 2.27. The molecule has 0 amide bonds. The van der Waals surface area contributed by atoms with E-state index in [0.717, 1.165) is 0 Å². The van der Waals surface area contributed by atoms with Gasteiger partial charge in [0.2, 0.25) is 0 Å². The van der Waals surface area contributed by atoms with Crippen LogP contribution in [-0.2, 0) is 4.79 Å². The van der Waals surface area contributed by atoms with Crippen molar-refractivity contribution in [1.29, 1.82) is 0 Å². The van der Waals surface area contributed by atoms with E-state index in [4.69, 9.17) is 11.6 Å². The Morgan fingerprint density at radius 2 is 1.94 bits per heavy atom. The Bertz CT molecular complexity index is 364. The van der Waals surface area contributed by atoms with E-state index >= 15 is 0 Å². The quantitative estimate of drug-likeness (QED) is 0.862. The monoisotopic (exact) mass is 241 g/mol. The molecule has 0 saturated carbocycles. The molecule has 0 unspecified atom stereocenters. The average molecular weight is 242 g/mol. The van der Waals surface area contributed by atoms with E-state index in [9.17, 15) is 9.90 Å². The van der Waals surface area contributed by atoms with Crippen molar-refractivity contribution in [3.05, 3.63) is 34.9 Å². The Hall–Kier alpha value is -1.06. The number of carbonyl (C=O) groups is 1. The number of benzene rings is 1. The fraction of sp³-hybridized carbons (Fsp3) is 0.417. The van der Waals surface area contributed by atoms with Gasteiger partial charge in [0.05, 0.1) is 0 Å². The molecule has 0 bridgehead atoms. The van der Waals surface area contributed by atoms with Crippen LogP contribution in [0.4, 0.5) is 0 Å². The first-order chi connectivity index (χ1) is 7.61. The van der Waals surface area contributed by atoms with Gasteiger partial charge in [-0.05, 0) is 24.7 Å². The van der Waals surface area contributed by atoms with Gasteiger partial charge in [-0.1, -0.05) is 43.6 Å². The van der Waals surface area contributed by atoms with E-state index in [1.807, 2.05) is 18.7 Å². The third kappa shape index (κ3) is 2.74. The lowest BCUT2D eigenvalue weighted by molar-refractivity contribution is -0.143. The summed E-state index contributed by atoms with van der Waals surface area (Å²) >= 11 is 6.03. The number of aliphatic carboxylic acids is 1. The zero-order valence-electron chi connectivity index (χ0n) is 9.48. The summed E-state index contributed by atoms with van der Waals surface area (Å²) in [5, 5.41) is 9.79. The lowest BCUT2D eigenvalue weighted by atomic mass is 10.1. The largest absolute Gasteiger partial charge is 0.480 e. The minimum absolute atomic E-state index is 0.502. The summed E-state index contributed by atoms with van der Waals surface area (Å²) in [4.78, 5) is 13.2. The van der Waals surface area contributed by atoms with Crippen LogP contribution >= 0.6 is 11.6 Å².